The largest absolute Gasteiger partial charge is 0.234 e. The van der Waals surface area contributed by atoms with Crippen LogP contribution in [0, 0.1) is 5.92 Å². The number of aromatic nitrogens is 1. The number of halogens is 1. The van der Waals surface area contributed by atoms with Crippen molar-refractivity contribution in [3.8, 4) is 0 Å². The smallest absolute Gasteiger partial charge is 0.159 e. The third kappa shape index (κ3) is 1.33. The Balaban J connectivity index is 2.34. The third-order valence-corrected chi connectivity index (χ3v) is 4.12. The summed E-state index contributed by atoms with van der Waals surface area (Å²) in [5, 5.41) is 0. The standard InChI is InChI=1S/C9H12BrNS/c1-5(2)6-3-4-7-8(6)11-9(10)12-7/h5-6H,3-4H2,1-2H3/t6-/m1/s1. The summed E-state index contributed by atoms with van der Waals surface area (Å²) in [7, 11) is 0. The van der Waals surface area contributed by atoms with Crippen LogP contribution in [0.15, 0.2) is 3.92 Å². The molecule has 0 unspecified atom stereocenters. The highest BCUT2D eigenvalue weighted by molar-refractivity contribution is 9.11. The lowest BCUT2D eigenvalue weighted by molar-refractivity contribution is 0.487. The van der Waals surface area contributed by atoms with Crippen molar-refractivity contribution >= 4 is 27.3 Å². The van der Waals surface area contributed by atoms with Crippen molar-refractivity contribution in [3.05, 3.63) is 14.5 Å². The van der Waals surface area contributed by atoms with Crippen LogP contribution in [0.2, 0.25) is 0 Å². The van der Waals surface area contributed by atoms with Gasteiger partial charge in [0.2, 0.25) is 0 Å². The molecule has 1 aliphatic carbocycles. The summed E-state index contributed by atoms with van der Waals surface area (Å²) in [6, 6.07) is 0. The second kappa shape index (κ2) is 3.11. The Hall–Kier alpha value is 0.110. The molecule has 0 amide bonds. The minimum absolute atomic E-state index is 0.711. The van der Waals surface area contributed by atoms with Crippen molar-refractivity contribution < 1.29 is 0 Å². The monoisotopic (exact) mass is 245 g/mol. The number of nitrogens with zero attached hydrogens (tertiary/aromatic N) is 1. The van der Waals surface area contributed by atoms with Gasteiger partial charge in [-0.1, -0.05) is 13.8 Å². The summed E-state index contributed by atoms with van der Waals surface area (Å²) in [6.07, 6.45) is 2.54. The number of fused-ring (bicyclic) bond motifs is 1. The fourth-order valence-corrected chi connectivity index (χ4v) is 3.52. The highest BCUT2D eigenvalue weighted by Gasteiger charge is 2.28. The molecule has 1 aliphatic rings. The van der Waals surface area contributed by atoms with Crippen LogP contribution in [0.25, 0.3) is 0 Å². The lowest BCUT2D eigenvalue weighted by atomic mass is 9.94. The molecule has 0 saturated heterocycles. The van der Waals surface area contributed by atoms with Gasteiger partial charge in [-0.3, -0.25) is 0 Å². The topological polar surface area (TPSA) is 12.9 Å². The highest BCUT2D eigenvalue weighted by Crippen LogP contribution is 2.41. The van der Waals surface area contributed by atoms with Crippen LogP contribution in [0.4, 0.5) is 0 Å². The molecule has 1 nitrogen and oxygen atoms in total. The average Bonchev–Trinajstić information content (AvgIpc) is 2.43. The van der Waals surface area contributed by atoms with Crippen molar-refractivity contribution in [3.63, 3.8) is 0 Å². The molecule has 2 rings (SSSR count). The minimum atomic E-state index is 0.711. The van der Waals surface area contributed by atoms with E-state index < -0.39 is 0 Å². The molecule has 0 aromatic carbocycles. The van der Waals surface area contributed by atoms with Crippen molar-refractivity contribution in [2.24, 2.45) is 5.92 Å². The fraction of sp³-hybridized carbons (Fsp3) is 0.667. The van der Waals surface area contributed by atoms with Gasteiger partial charge in [0.15, 0.2) is 3.92 Å². The molecule has 66 valence electrons. The summed E-state index contributed by atoms with van der Waals surface area (Å²) < 4.78 is 1.05. The molecule has 1 heterocycles. The first kappa shape index (κ1) is 8.70. The van der Waals surface area contributed by atoms with Gasteiger partial charge < -0.3 is 0 Å². The molecule has 1 atom stereocenters. The lowest BCUT2D eigenvalue weighted by Gasteiger charge is -2.12. The first-order chi connectivity index (χ1) is 5.68. The number of hydrogen-bond acceptors (Lipinski definition) is 2. The Morgan fingerprint density at radius 2 is 2.33 bits per heavy atom. The van der Waals surface area contributed by atoms with Gasteiger partial charge in [0.25, 0.3) is 0 Å². The SMILES string of the molecule is CC(C)[C@H]1CCc2sc(Br)nc21. The van der Waals surface area contributed by atoms with Crippen LogP contribution in [0.5, 0.6) is 0 Å². The number of thiazole rings is 1. The van der Waals surface area contributed by atoms with Crippen LogP contribution in [0.3, 0.4) is 0 Å². The van der Waals surface area contributed by atoms with E-state index in [-0.39, 0.29) is 0 Å². The Bertz CT molecular complexity index is 293. The molecule has 1 aromatic heterocycles. The van der Waals surface area contributed by atoms with E-state index in [1.165, 1.54) is 23.4 Å². The van der Waals surface area contributed by atoms with Crippen molar-refractivity contribution in [2.75, 3.05) is 0 Å². The molecule has 0 bridgehead atoms. The van der Waals surface area contributed by atoms with E-state index in [1.54, 1.807) is 11.3 Å². The molecule has 12 heavy (non-hydrogen) atoms. The predicted octanol–water partition coefficient (Wildman–Crippen LogP) is 3.59. The summed E-state index contributed by atoms with van der Waals surface area (Å²) in [5.41, 5.74) is 1.36. The second-order valence-corrected chi connectivity index (χ2v) is 6.02. The average molecular weight is 246 g/mol. The highest BCUT2D eigenvalue weighted by atomic mass is 79.9. The summed E-state index contributed by atoms with van der Waals surface area (Å²) in [6.45, 7) is 4.57. The van der Waals surface area contributed by atoms with Gasteiger partial charge in [-0.2, -0.15) is 0 Å². The van der Waals surface area contributed by atoms with Gasteiger partial charge in [-0.25, -0.2) is 4.98 Å². The summed E-state index contributed by atoms with van der Waals surface area (Å²) >= 11 is 5.25. The molecule has 0 spiro atoms. The molecule has 0 saturated carbocycles. The Kier molecular flexibility index (Phi) is 2.25. The maximum absolute atomic E-state index is 4.53. The predicted molar refractivity (Wildman–Crippen MR) is 55.7 cm³/mol. The third-order valence-electron chi connectivity index (χ3n) is 2.54. The first-order valence-corrected chi connectivity index (χ1v) is 5.94. The zero-order valence-corrected chi connectivity index (χ0v) is 9.70. The van der Waals surface area contributed by atoms with Crippen molar-refractivity contribution in [1.29, 1.82) is 0 Å². The van der Waals surface area contributed by atoms with E-state index in [0.717, 1.165) is 9.83 Å². The maximum Gasteiger partial charge on any atom is 0.159 e. The normalized spacial score (nSPS) is 21.8. The molecular formula is C9H12BrNS. The van der Waals surface area contributed by atoms with Crippen molar-refractivity contribution in [1.82, 2.24) is 4.98 Å². The quantitative estimate of drug-likeness (QED) is 0.737. The second-order valence-electron chi connectivity index (χ2n) is 3.66. The van der Waals surface area contributed by atoms with Crippen LogP contribution in [0.1, 0.15) is 36.8 Å². The maximum atomic E-state index is 4.53. The van der Waals surface area contributed by atoms with Crippen LogP contribution < -0.4 is 0 Å². The van der Waals surface area contributed by atoms with Gasteiger partial charge in [-0.05, 0) is 34.7 Å². The molecule has 3 heteroatoms. The Morgan fingerprint density at radius 3 is 3.00 bits per heavy atom. The van der Waals surface area contributed by atoms with E-state index in [0.29, 0.717) is 5.92 Å². The number of rotatable bonds is 1. The van der Waals surface area contributed by atoms with Gasteiger partial charge in [0.1, 0.15) is 0 Å². The molecule has 0 N–H and O–H groups in total. The summed E-state index contributed by atoms with van der Waals surface area (Å²) in [5.74, 6) is 1.45. The van der Waals surface area contributed by atoms with Gasteiger partial charge >= 0.3 is 0 Å². The van der Waals surface area contributed by atoms with E-state index in [9.17, 15) is 0 Å². The lowest BCUT2D eigenvalue weighted by Crippen LogP contribution is -2.02. The van der Waals surface area contributed by atoms with Crippen LogP contribution in [-0.2, 0) is 6.42 Å². The zero-order valence-electron chi connectivity index (χ0n) is 7.30. The van der Waals surface area contributed by atoms with Crippen LogP contribution >= 0.6 is 27.3 Å². The molecule has 0 fully saturated rings. The van der Waals surface area contributed by atoms with E-state index >= 15 is 0 Å². The van der Waals surface area contributed by atoms with Gasteiger partial charge in [0, 0.05) is 10.8 Å². The molecular weight excluding hydrogens is 234 g/mol. The minimum Gasteiger partial charge on any atom is -0.234 e. The zero-order chi connectivity index (χ0) is 8.72. The van der Waals surface area contributed by atoms with Gasteiger partial charge in [-0.15, -0.1) is 11.3 Å². The number of aryl methyl sites for hydroxylation is 1. The Labute approximate surface area is 85.3 Å². The van der Waals surface area contributed by atoms with E-state index in [4.69, 9.17) is 0 Å². The van der Waals surface area contributed by atoms with Crippen molar-refractivity contribution in [2.45, 2.75) is 32.6 Å². The molecule has 1 aromatic rings. The molecule has 0 radical (unpaired) electrons. The first-order valence-electron chi connectivity index (χ1n) is 4.33. The Morgan fingerprint density at radius 1 is 1.58 bits per heavy atom. The molecule has 0 aliphatic heterocycles. The van der Waals surface area contributed by atoms with Crippen LogP contribution in [-0.4, -0.2) is 4.98 Å². The van der Waals surface area contributed by atoms with Gasteiger partial charge in [0.05, 0.1) is 5.69 Å². The summed E-state index contributed by atoms with van der Waals surface area (Å²) in [4.78, 5) is 6.03. The van der Waals surface area contributed by atoms with E-state index in [1.807, 2.05) is 0 Å². The van der Waals surface area contributed by atoms with E-state index in [2.05, 4.69) is 34.8 Å². The fourth-order valence-electron chi connectivity index (χ4n) is 1.87. The number of hydrogen-bond donors (Lipinski definition) is 0.